The summed E-state index contributed by atoms with van der Waals surface area (Å²) in [5.41, 5.74) is 0.850. The SMILES string of the molecule is Cc1ccccc1S(=O)O.[LiH]. The zero-order valence-corrected chi connectivity index (χ0v) is 6.39. The summed E-state index contributed by atoms with van der Waals surface area (Å²) in [5, 5.41) is 0. The molecule has 1 unspecified atom stereocenters. The molecule has 1 atom stereocenters. The Morgan fingerprint density at radius 2 is 1.91 bits per heavy atom. The van der Waals surface area contributed by atoms with Crippen molar-refractivity contribution in [1.82, 2.24) is 0 Å². The summed E-state index contributed by atoms with van der Waals surface area (Å²) in [5.74, 6) is 0. The molecule has 0 saturated carbocycles. The van der Waals surface area contributed by atoms with E-state index in [0.717, 1.165) is 5.56 Å². The quantitative estimate of drug-likeness (QED) is 0.495. The Balaban J connectivity index is 0.000001000. The fourth-order valence-corrected chi connectivity index (χ4v) is 1.29. The van der Waals surface area contributed by atoms with E-state index in [1.807, 2.05) is 19.1 Å². The Hall–Kier alpha value is -0.0726. The summed E-state index contributed by atoms with van der Waals surface area (Å²) in [6, 6.07) is 7.04. The van der Waals surface area contributed by atoms with Gasteiger partial charge in [-0.3, -0.25) is 0 Å². The van der Waals surface area contributed by atoms with Crippen molar-refractivity contribution in [3.63, 3.8) is 0 Å². The van der Waals surface area contributed by atoms with E-state index >= 15 is 0 Å². The summed E-state index contributed by atoms with van der Waals surface area (Å²) in [4.78, 5) is 0.488. The fourth-order valence-electron chi connectivity index (χ4n) is 0.752. The minimum absolute atomic E-state index is 0. The molecule has 0 aliphatic carbocycles. The minimum atomic E-state index is -1.84. The van der Waals surface area contributed by atoms with Gasteiger partial charge in [-0.05, 0) is 18.6 Å². The van der Waals surface area contributed by atoms with Crippen LogP contribution in [0.25, 0.3) is 0 Å². The molecular formula is C7H9LiO2S. The van der Waals surface area contributed by atoms with Crippen LogP contribution < -0.4 is 0 Å². The number of hydrogen-bond donors (Lipinski definition) is 1. The first-order valence-corrected chi connectivity index (χ1v) is 3.99. The second kappa shape index (κ2) is 4.73. The van der Waals surface area contributed by atoms with Crippen molar-refractivity contribution in [2.45, 2.75) is 11.8 Å². The van der Waals surface area contributed by atoms with Crippen molar-refractivity contribution in [2.75, 3.05) is 0 Å². The number of rotatable bonds is 1. The molecular weight excluding hydrogens is 155 g/mol. The first-order chi connectivity index (χ1) is 4.72. The van der Waals surface area contributed by atoms with Gasteiger partial charge in [0.15, 0.2) is 11.1 Å². The average Bonchev–Trinajstić information content (AvgIpc) is 1.88. The number of aryl methyl sites for hydroxylation is 1. The summed E-state index contributed by atoms with van der Waals surface area (Å²) >= 11 is -1.84. The second-order valence-corrected chi connectivity index (χ2v) is 2.95. The van der Waals surface area contributed by atoms with Crippen molar-refractivity contribution < 1.29 is 8.76 Å². The van der Waals surface area contributed by atoms with Crippen molar-refractivity contribution in [3.05, 3.63) is 29.8 Å². The topological polar surface area (TPSA) is 37.3 Å². The molecule has 0 aliphatic rings. The Morgan fingerprint density at radius 3 is 2.27 bits per heavy atom. The molecule has 0 bridgehead atoms. The maximum atomic E-state index is 10.5. The molecule has 0 aromatic heterocycles. The normalized spacial score (nSPS) is 11.8. The molecule has 0 fully saturated rings. The molecule has 4 heteroatoms. The molecule has 1 N–H and O–H groups in total. The molecule has 1 aromatic rings. The van der Waals surface area contributed by atoms with Gasteiger partial charge >= 0.3 is 18.9 Å². The monoisotopic (exact) mass is 164 g/mol. The first-order valence-electron chi connectivity index (χ1n) is 2.88. The van der Waals surface area contributed by atoms with Gasteiger partial charge in [-0.1, -0.05) is 18.2 Å². The van der Waals surface area contributed by atoms with Crippen LogP contribution in [0.15, 0.2) is 29.2 Å². The van der Waals surface area contributed by atoms with E-state index in [2.05, 4.69) is 0 Å². The van der Waals surface area contributed by atoms with Gasteiger partial charge in [0.1, 0.15) is 0 Å². The van der Waals surface area contributed by atoms with E-state index < -0.39 is 11.1 Å². The number of hydrogen-bond acceptors (Lipinski definition) is 1. The Bertz CT molecular complexity index is 262. The van der Waals surface area contributed by atoms with Crippen molar-refractivity contribution in [1.29, 1.82) is 0 Å². The third kappa shape index (κ3) is 2.80. The van der Waals surface area contributed by atoms with E-state index in [1.165, 1.54) is 0 Å². The van der Waals surface area contributed by atoms with Crippen LogP contribution in [0.1, 0.15) is 5.56 Å². The summed E-state index contributed by atoms with van der Waals surface area (Å²) < 4.78 is 19.2. The van der Waals surface area contributed by atoms with E-state index in [1.54, 1.807) is 12.1 Å². The number of benzene rings is 1. The van der Waals surface area contributed by atoms with Gasteiger partial charge in [0.05, 0.1) is 4.90 Å². The summed E-state index contributed by atoms with van der Waals surface area (Å²) in [6.45, 7) is 1.81. The van der Waals surface area contributed by atoms with Gasteiger partial charge in [-0.25, -0.2) is 4.21 Å². The van der Waals surface area contributed by atoms with E-state index in [9.17, 15) is 4.21 Å². The van der Waals surface area contributed by atoms with Gasteiger partial charge in [0.25, 0.3) is 0 Å². The van der Waals surface area contributed by atoms with Crippen molar-refractivity contribution in [2.24, 2.45) is 0 Å². The molecule has 0 heterocycles. The molecule has 0 spiro atoms. The summed E-state index contributed by atoms with van der Waals surface area (Å²) in [7, 11) is 0. The second-order valence-electron chi connectivity index (χ2n) is 2.01. The van der Waals surface area contributed by atoms with E-state index in [-0.39, 0.29) is 18.9 Å². The van der Waals surface area contributed by atoms with Crippen LogP contribution >= 0.6 is 0 Å². The zero-order valence-electron chi connectivity index (χ0n) is 5.57. The fraction of sp³-hybridized carbons (Fsp3) is 0.143. The van der Waals surface area contributed by atoms with Crippen molar-refractivity contribution in [3.8, 4) is 0 Å². The molecule has 0 radical (unpaired) electrons. The Labute approximate surface area is 80.5 Å². The maximum absolute atomic E-state index is 10.5. The molecule has 1 aromatic carbocycles. The van der Waals surface area contributed by atoms with Crippen molar-refractivity contribution >= 4 is 29.9 Å². The zero-order chi connectivity index (χ0) is 7.56. The molecule has 1 rings (SSSR count). The van der Waals surface area contributed by atoms with Gasteiger partial charge in [0, 0.05) is 0 Å². The van der Waals surface area contributed by atoms with Crippen LogP contribution in [-0.4, -0.2) is 27.6 Å². The molecule has 0 aliphatic heterocycles. The van der Waals surface area contributed by atoms with Crippen LogP contribution in [0.4, 0.5) is 0 Å². The first kappa shape index (κ1) is 10.9. The Kier molecular flexibility index (Phi) is 4.70. The van der Waals surface area contributed by atoms with Gasteiger partial charge < -0.3 is 4.55 Å². The van der Waals surface area contributed by atoms with Gasteiger partial charge in [-0.15, -0.1) is 0 Å². The van der Waals surface area contributed by atoms with E-state index in [4.69, 9.17) is 4.55 Å². The van der Waals surface area contributed by atoms with Crippen LogP contribution in [-0.2, 0) is 11.1 Å². The third-order valence-corrected chi connectivity index (χ3v) is 2.12. The van der Waals surface area contributed by atoms with Gasteiger partial charge in [-0.2, -0.15) is 0 Å². The van der Waals surface area contributed by atoms with Crippen LogP contribution in [0.5, 0.6) is 0 Å². The predicted molar refractivity (Wildman–Crippen MR) is 47.4 cm³/mol. The Morgan fingerprint density at radius 1 is 1.36 bits per heavy atom. The third-order valence-electron chi connectivity index (χ3n) is 1.28. The molecule has 0 saturated heterocycles. The van der Waals surface area contributed by atoms with Crippen LogP contribution in [0.3, 0.4) is 0 Å². The average molecular weight is 164 g/mol. The molecule has 11 heavy (non-hydrogen) atoms. The summed E-state index contributed by atoms with van der Waals surface area (Å²) in [6.07, 6.45) is 0. The molecule has 0 amide bonds. The predicted octanol–water partition coefficient (Wildman–Crippen LogP) is 0.927. The molecule has 2 nitrogen and oxygen atoms in total. The van der Waals surface area contributed by atoms with Crippen LogP contribution in [0.2, 0.25) is 0 Å². The van der Waals surface area contributed by atoms with Gasteiger partial charge in [0.2, 0.25) is 0 Å². The van der Waals surface area contributed by atoms with Crippen LogP contribution in [0, 0.1) is 6.92 Å². The van der Waals surface area contributed by atoms with E-state index in [0.29, 0.717) is 4.90 Å². The molecule has 56 valence electrons. The standard InChI is InChI=1S/C7H8O2S.Li.H/c1-6-4-2-3-5-7(6)10(8)9;;/h2-5H,1H3,(H,8,9);;.